The van der Waals surface area contributed by atoms with E-state index in [0.717, 1.165) is 39.3 Å². The minimum Gasteiger partial charge on any atom is -0.494 e. The Balaban J connectivity index is 1.34. The SMILES string of the molecule is CCOc1cccc(C(=O)N2CCC3(CC2)CC(CN2CCOCC2)OC3=O)c1. The van der Waals surface area contributed by atoms with Crippen LogP contribution in [0.4, 0.5) is 0 Å². The molecule has 0 aromatic heterocycles. The third kappa shape index (κ3) is 4.41. The second-order valence-corrected chi connectivity index (χ2v) is 8.18. The average molecular weight is 402 g/mol. The monoisotopic (exact) mass is 402 g/mol. The predicted octanol–water partition coefficient (Wildman–Crippen LogP) is 1.96. The number of likely N-dealkylation sites (tertiary alicyclic amines) is 1. The minimum absolute atomic E-state index is 0.00219. The fourth-order valence-electron chi connectivity index (χ4n) is 4.62. The van der Waals surface area contributed by atoms with Crippen molar-refractivity contribution < 1.29 is 23.8 Å². The van der Waals surface area contributed by atoms with Crippen molar-refractivity contribution in [3.05, 3.63) is 29.8 Å². The van der Waals surface area contributed by atoms with E-state index in [4.69, 9.17) is 14.2 Å². The number of amides is 1. The van der Waals surface area contributed by atoms with Crippen molar-refractivity contribution in [2.75, 3.05) is 52.5 Å². The first kappa shape index (κ1) is 20.2. The molecule has 29 heavy (non-hydrogen) atoms. The molecule has 7 heteroatoms. The largest absolute Gasteiger partial charge is 0.494 e. The van der Waals surface area contributed by atoms with Gasteiger partial charge >= 0.3 is 5.97 Å². The number of ether oxygens (including phenoxy) is 3. The molecule has 3 saturated heterocycles. The summed E-state index contributed by atoms with van der Waals surface area (Å²) in [6, 6.07) is 7.30. The summed E-state index contributed by atoms with van der Waals surface area (Å²) in [5.74, 6) is 0.621. The molecule has 1 atom stereocenters. The molecule has 0 N–H and O–H groups in total. The van der Waals surface area contributed by atoms with E-state index in [2.05, 4.69) is 4.90 Å². The number of benzene rings is 1. The number of morpholine rings is 1. The van der Waals surface area contributed by atoms with Gasteiger partial charge in [0.1, 0.15) is 11.9 Å². The Labute approximate surface area is 171 Å². The molecule has 0 aliphatic carbocycles. The Hall–Kier alpha value is -2.12. The number of carbonyl (C=O) groups is 2. The summed E-state index contributed by atoms with van der Waals surface area (Å²) in [5, 5.41) is 0. The summed E-state index contributed by atoms with van der Waals surface area (Å²) >= 11 is 0. The Morgan fingerprint density at radius 3 is 2.69 bits per heavy atom. The number of cyclic esters (lactones) is 1. The summed E-state index contributed by atoms with van der Waals surface area (Å²) < 4.78 is 16.6. The van der Waals surface area contributed by atoms with Crippen LogP contribution in [-0.4, -0.2) is 80.3 Å². The molecule has 1 unspecified atom stereocenters. The Morgan fingerprint density at radius 1 is 1.21 bits per heavy atom. The zero-order valence-electron chi connectivity index (χ0n) is 17.1. The fraction of sp³-hybridized carbons (Fsp3) is 0.636. The highest BCUT2D eigenvalue weighted by atomic mass is 16.6. The van der Waals surface area contributed by atoms with E-state index in [1.165, 1.54) is 0 Å². The highest BCUT2D eigenvalue weighted by Gasteiger charge is 2.51. The molecule has 0 radical (unpaired) electrons. The molecule has 1 amide bonds. The first-order valence-corrected chi connectivity index (χ1v) is 10.6. The summed E-state index contributed by atoms with van der Waals surface area (Å²) in [4.78, 5) is 29.7. The fourth-order valence-corrected chi connectivity index (χ4v) is 4.62. The van der Waals surface area contributed by atoms with Gasteiger partial charge in [-0.25, -0.2) is 0 Å². The molecule has 158 valence electrons. The van der Waals surface area contributed by atoms with Crippen molar-refractivity contribution in [2.45, 2.75) is 32.3 Å². The molecule has 1 aromatic carbocycles. The maximum absolute atomic E-state index is 12.9. The van der Waals surface area contributed by atoms with Crippen LogP contribution in [0.15, 0.2) is 24.3 Å². The summed E-state index contributed by atoms with van der Waals surface area (Å²) in [7, 11) is 0. The van der Waals surface area contributed by atoms with E-state index in [-0.39, 0.29) is 18.0 Å². The molecule has 7 nitrogen and oxygen atoms in total. The van der Waals surface area contributed by atoms with Crippen molar-refractivity contribution >= 4 is 11.9 Å². The molecule has 3 heterocycles. The number of esters is 1. The average Bonchev–Trinajstić information content (AvgIpc) is 3.03. The van der Waals surface area contributed by atoms with Gasteiger partial charge in [0, 0.05) is 44.7 Å². The lowest BCUT2D eigenvalue weighted by Gasteiger charge is -2.36. The molecule has 1 aromatic rings. The quantitative estimate of drug-likeness (QED) is 0.702. The minimum atomic E-state index is -0.430. The van der Waals surface area contributed by atoms with Crippen LogP contribution in [0.2, 0.25) is 0 Å². The van der Waals surface area contributed by atoms with E-state index in [1.807, 2.05) is 30.0 Å². The van der Waals surface area contributed by atoms with Gasteiger partial charge in [0.2, 0.25) is 0 Å². The number of piperidine rings is 1. The van der Waals surface area contributed by atoms with Crippen molar-refractivity contribution in [1.29, 1.82) is 0 Å². The van der Waals surface area contributed by atoms with E-state index in [1.54, 1.807) is 6.07 Å². The third-order valence-corrected chi connectivity index (χ3v) is 6.29. The molecule has 3 aliphatic rings. The smallest absolute Gasteiger partial charge is 0.312 e. The summed E-state index contributed by atoms with van der Waals surface area (Å²) in [5.41, 5.74) is 0.201. The Bertz CT molecular complexity index is 738. The number of carbonyl (C=O) groups excluding carboxylic acids is 2. The standard InChI is InChI=1S/C22H30N2O5/c1-2-28-18-5-3-4-17(14-18)20(25)24-8-6-22(7-9-24)15-19(29-21(22)26)16-23-10-12-27-13-11-23/h3-5,14,19H,2,6-13,15-16H2,1H3. The number of hydrogen-bond acceptors (Lipinski definition) is 6. The van der Waals surface area contributed by atoms with Crippen LogP contribution in [-0.2, 0) is 14.3 Å². The van der Waals surface area contributed by atoms with E-state index in [0.29, 0.717) is 43.9 Å². The molecule has 0 saturated carbocycles. The van der Waals surface area contributed by atoms with Crippen molar-refractivity contribution in [1.82, 2.24) is 9.80 Å². The zero-order valence-corrected chi connectivity index (χ0v) is 17.1. The molecule has 1 spiro atoms. The number of rotatable bonds is 5. The van der Waals surface area contributed by atoms with Gasteiger partial charge in [-0.05, 0) is 38.0 Å². The Morgan fingerprint density at radius 2 is 1.97 bits per heavy atom. The van der Waals surface area contributed by atoms with Crippen LogP contribution >= 0.6 is 0 Å². The highest BCUT2D eigenvalue weighted by molar-refractivity contribution is 5.95. The lowest BCUT2D eigenvalue weighted by atomic mass is 9.76. The Kier molecular flexibility index (Phi) is 6.06. The molecular weight excluding hydrogens is 372 g/mol. The first-order valence-electron chi connectivity index (χ1n) is 10.6. The van der Waals surface area contributed by atoms with Crippen molar-refractivity contribution in [3.63, 3.8) is 0 Å². The van der Waals surface area contributed by atoms with Crippen LogP contribution in [0.5, 0.6) is 5.75 Å². The van der Waals surface area contributed by atoms with Gasteiger partial charge in [-0.3, -0.25) is 14.5 Å². The predicted molar refractivity (Wildman–Crippen MR) is 107 cm³/mol. The van der Waals surface area contributed by atoms with Crippen LogP contribution in [0.25, 0.3) is 0 Å². The molecule has 0 bridgehead atoms. The van der Waals surface area contributed by atoms with Crippen LogP contribution in [0.1, 0.15) is 36.5 Å². The lowest BCUT2D eigenvalue weighted by molar-refractivity contribution is -0.151. The van der Waals surface area contributed by atoms with E-state index >= 15 is 0 Å². The van der Waals surface area contributed by atoms with Gasteiger partial charge in [0.25, 0.3) is 5.91 Å². The van der Waals surface area contributed by atoms with E-state index < -0.39 is 5.41 Å². The van der Waals surface area contributed by atoms with Gasteiger partial charge in [-0.15, -0.1) is 0 Å². The van der Waals surface area contributed by atoms with Gasteiger partial charge in [-0.2, -0.15) is 0 Å². The second-order valence-electron chi connectivity index (χ2n) is 8.18. The van der Waals surface area contributed by atoms with Gasteiger partial charge in [-0.1, -0.05) is 6.07 Å². The first-order chi connectivity index (χ1) is 14.1. The summed E-state index contributed by atoms with van der Waals surface area (Å²) in [6.07, 6.45) is 2.04. The van der Waals surface area contributed by atoms with Gasteiger partial charge in [0.05, 0.1) is 25.2 Å². The normalized spacial score (nSPS) is 24.5. The maximum atomic E-state index is 12.9. The number of hydrogen-bond donors (Lipinski definition) is 0. The maximum Gasteiger partial charge on any atom is 0.312 e. The molecular formula is C22H30N2O5. The molecule has 3 fully saturated rings. The highest BCUT2D eigenvalue weighted by Crippen LogP contribution is 2.43. The van der Waals surface area contributed by atoms with Gasteiger partial charge in [0.15, 0.2) is 0 Å². The topological polar surface area (TPSA) is 68.3 Å². The molecule has 3 aliphatic heterocycles. The third-order valence-electron chi connectivity index (χ3n) is 6.29. The zero-order chi connectivity index (χ0) is 20.3. The summed E-state index contributed by atoms with van der Waals surface area (Å²) in [6.45, 7) is 7.70. The van der Waals surface area contributed by atoms with Crippen LogP contribution in [0.3, 0.4) is 0 Å². The van der Waals surface area contributed by atoms with Crippen molar-refractivity contribution in [2.24, 2.45) is 5.41 Å². The van der Waals surface area contributed by atoms with E-state index in [9.17, 15) is 9.59 Å². The van der Waals surface area contributed by atoms with Gasteiger partial charge < -0.3 is 19.1 Å². The van der Waals surface area contributed by atoms with Crippen molar-refractivity contribution in [3.8, 4) is 5.75 Å². The molecule has 4 rings (SSSR count). The lowest BCUT2D eigenvalue weighted by Crippen LogP contribution is -2.45. The van der Waals surface area contributed by atoms with Crippen LogP contribution in [0, 0.1) is 5.41 Å². The number of nitrogens with zero attached hydrogens (tertiary/aromatic N) is 2. The van der Waals surface area contributed by atoms with Crippen LogP contribution < -0.4 is 4.74 Å². The second kappa shape index (κ2) is 8.71.